The molecular weight excluding hydrogens is 206 g/mol. The molecule has 6 heteroatoms. The smallest absolute Gasteiger partial charge is 0.0964 e. The molecule has 0 aliphatic rings. The number of aromatic nitrogens is 3. The summed E-state index contributed by atoms with van der Waals surface area (Å²) in [4.78, 5) is 2.25. The van der Waals surface area contributed by atoms with Crippen molar-refractivity contribution < 1.29 is 5.11 Å². The summed E-state index contributed by atoms with van der Waals surface area (Å²) in [6, 6.07) is 0. The fraction of sp³-hybridized carbons (Fsp3) is 0.800. The third-order valence-electron chi connectivity index (χ3n) is 2.43. The van der Waals surface area contributed by atoms with Crippen molar-refractivity contribution >= 4 is 0 Å². The Kier molecular flexibility index (Phi) is 5.99. The van der Waals surface area contributed by atoms with Crippen molar-refractivity contribution in [3.05, 3.63) is 11.9 Å². The highest BCUT2D eigenvalue weighted by Crippen LogP contribution is 1.91. The molecule has 0 amide bonds. The van der Waals surface area contributed by atoms with Gasteiger partial charge < -0.3 is 15.3 Å². The van der Waals surface area contributed by atoms with Crippen LogP contribution >= 0.6 is 0 Å². The molecule has 92 valence electrons. The van der Waals surface area contributed by atoms with E-state index in [0.717, 1.165) is 31.9 Å². The second kappa shape index (κ2) is 7.32. The molecule has 6 nitrogen and oxygen atoms in total. The third-order valence-corrected chi connectivity index (χ3v) is 2.43. The van der Waals surface area contributed by atoms with Crippen LogP contribution in [0.15, 0.2) is 6.20 Å². The van der Waals surface area contributed by atoms with Crippen molar-refractivity contribution in [3.63, 3.8) is 0 Å². The van der Waals surface area contributed by atoms with Gasteiger partial charge in [-0.1, -0.05) is 12.1 Å². The quantitative estimate of drug-likeness (QED) is 0.576. The molecule has 0 spiro atoms. The van der Waals surface area contributed by atoms with E-state index < -0.39 is 0 Å². The molecule has 0 fully saturated rings. The molecule has 0 saturated heterocycles. The fourth-order valence-corrected chi connectivity index (χ4v) is 1.28. The van der Waals surface area contributed by atoms with Gasteiger partial charge in [0.2, 0.25) is 0 Å². The van der Waals surface area contributed by atoms with Crippen LogP contribution in [0.5, 0.6) is 0 Å². The molecular formula is C10H21N5O. The molecule has 1 rings (SSSR count). The van der Waals surface area contributed by atoms with Crippen LogP contribution in [0.25, 0.3) is 0 Å². The first-order valence-corrected chi connectivity index (χ1v) is 5.65. The van der Waals surface area contributed by atoms with E-state index in [4.69, 9.17) is 5.11 Å². The molecule has 1 aromatic rings. The maximum atomic E-state index is 8.72. The van der Waals surface area contributed by atoms with Crippen LogP contribution in [0, 0.1) is 0 Å². The molecule has 0 unspecified atom stereocenters. The van der Waals surface area contributed by atoms with Crippen molar-refractivity contribution in [2.24, 2.45) is 0 Å². The van der Waals surface area contributed by atoms with Crippen LogP contribution in [0.4, 0.5) is 0 Å². The lowest BCUT2D eigenvalue weighted by atomic mass is 10.4. The molecule has 0 aliphatic carbocycles. The Morgan fingerprint density at radius 1 is 1.56 bits per heavy atom. The Morgan fingerprint density at radius 2 is 2.38 bits per heavy atom. The molecule has 2 N–H and O–H groups in total. The summed E-state index contributed by atoms with van der Waals surface area (Å²) in [6.07, 6.45) is 1.85. The summed E-state index contributed by atoms with van der Waals surface area (Å²) in [5.74, 6) is 0. The van der Waals surface area contributed by atoms with Crippen molar-refractivity contribution in [1.82, 2.24) is 25.2 Å². The number of aliphatic hydroxyl groups is 1. The maximum Gasteiger partial charge on any atom is 0.0964 e. The number of aliphatic hydroxyl groups excluding tert-OH is 1. The number of hydrogen-bond donors (Lipinski definition) is 2. The van der Waals surface area contributed by atoms with Crippen LogP contribution in [0.3, 0.4) is 0 Å². The highest BCUT2D eigenvalue weighted by Gasteiger charge is 2.00. The zero-order valence-corrected chi connectivity index (χ0v) is 10.1. The minimum absolute atomic E-state index is 0.0948. The Morgan fingerprint density at radius 3 is 3.06 bits per heavy atom. The van der Waals surface area contributed by atoms with Crippen LogP contribution in [0.1, 0.15) is 12.6 Å². The standard InChI is InChI=1S/C10H21N5O/c1-3-14(2)5-4-11-8-10-9-15(6-7-16)13-12-10/h9,11,16H,3-8H2,1-2H3. The highest BCUT2D eigenvalue weighted by atomic mass is 16.3. The van der Waals surface area contributed by atoms with Crippen molar-refractivity contribution in [2.75, 3.05) is 33.3 Å². The molecule has 16 heavy (non-hydrogen) atoms. The number of nitrogens with zero attached hydrogens (tertiary/aromatic N) is 4. The summed E-state index contributed by atoms with van der Waals surface area (Å²) in [5.41, 5.74) is 0.910. The van der Waals surface area contributed by atoms with Gasteiger partial charge in [0, 0.05) is 25.8 Å². The van der Waals surface area contributed by atoms with Crippen molar-refractivity contribution in [3.8, 4) is 0 Å². The van der Waals surface area contributed by atoms with Crippen LogP contribution in [-0.4, -0.2) is 58.3 Å². The molecule has 0 radical (unpaired) electrons. The molecule has 0 atom stereocenters. The third kappa shape index (κ3) is 4.69. The predicted octanol–water partition coefficient (Wildman–Crippen LogP) is -0.688. The first-order valence-electron chi connectivity index (χ1n) is 5.65. The molecule has 0 aliphatic heterocycles. The van der Waals surface area contributed by atoms with Gasteiger partial charge in [0.15, 0.2) is 0 Å². The number of likely N-dealkylation sites (N-methyl/N-ethyl adjacent to an activating group) is 1. The van der Waals surface area contributed by atoms with Crippen molar-refractivity contribution in [1.29, 1.82) is 0 Å². The second-order valence-electron chi connectivity index (χ2n) is 3.77. The van der Waals surface area contributed by atoms with E-state index in [1.54, 1.807) is 4.68 Å². The summed E-state index contributed by atoms with van der Waals surface area (Å²) >= 11 is 0. The summed E-state index contributed by atoms with van der Waals surface area (Å²) in [6.45, 7) is 6.50. The van der Waals surface area contributed by atoms with Crippen molar-refractivity contribution in [2.45, 2.75) is 20.0 Å². The summed E-state index contributed by atoms with van der Waals surface area (Å²) in [7, 11) is 2.10. The molecule has 0 bridgehead atoms. The van der Waals surface area contributed by atoms with E-state index in [9.17, 15) is 0 Å². The molecule has 0 saturated carbocycles. The average molecular weight is 227 g/mol. The van der Waals surface area contributed by atoms with E-state index in [1.165, 1.54) is 0 Å². The lowest BCUT2D eigenvalue weighted by Crippen LogP contribution is -2.28. The Bertz CT molecular complexity index is 288. The largest absolute Gasteiger partial charge is 0.394 e. The first-order chi connectivity index (χ1) is 7.76. The van der Waals surface area contributed by atoms with Gasteiger partial charge in [-0.05, 0) is 13.6 Å². The second-order valence-corrected chi connectivity index (χ2v) is 3.77. The minimum atomic E-state index is 0.0948. The van der Waals surface area contributed by atoms with Gasteiger partial charge in [0.1, 0.15) is 0 Å². The lowest BCUT2D eigenvalue weighted by molar-refractivity contribution is 0.268. The summed E-state index contributed by atoms with van der Waals surface area (Å²) in [5, 5.41) is 19.9. The summed E-state index contributed by atoms with van der Waals surface area (Å²) < 4.78 is 1.65. The maximum absolute atomic E-state index is 8.72. The normalized spacial score (nSPS) is 11.2. The monoisotopic (exact) mass is 227 g/mol. The Labute approximate surface area is 96.3 Å². The van der Waals surface area contributed by atoms with Crippen LogP contribution in [0.2, 0.25) is 0 Å². The number of nitrogens with one attached hydrogen (secondary N) is 1. The van der Waals surface area contributed by atoms with E-state index >= 15 is 0 Å². The Hall–Kier alpha value is -0.980. The SMILES string of the molecule is CCN(C)CCNCc1cn(CCO)nn1. The number of hydrogen-bond acceptors (Lipinski definition) is 5. The van der Waals surface area contributed by atoms with E-state index in [-0.39, 0.29) is 6.61 Å². The van der Waals surface area contributed by atoms with Gasteiger partial charge in [-0.3, -0.25) is 0 Å². The van der Waals surface area contributed by atoms with E-state index in [2.05, 4.69) is 34.5 Å². The highest BCUT2D eigenvalue weighted by molar-refractivity contribution is 4.91. The molecule has 1 aromatic heterocycles. The van der Waals surface area contributed by atoms with Gasteiger partial charge in [-0.15, -0.1) is 5.10 Å². The van der Waals surface area contributed by atoms with E-state index in [0.29, 0.717) is 6.54 Å². The fourth-order valence-electron chi connectivity index (χ4n) is 1.28. The van der Waals surface area contributed by atoms with Crippen LogP contribution in [-0.2, 0) is 13.1 Å². The molecule has 0 aromatic carbocycles. The predicted molar refractivity (Wildman–Crippen MR) is 62.0 cm³/mol. The molecule has 1 heterocycles. The van der Waals surface area contributed by atoms with E-state index in [1.807, 2.05) is 6.20 Å². The Balaban J connectivity index is 2.16. The zero-order valence-electron chi connectivity index (χ0n) is 10.1. The zero-order chi connectivity index (χ0) is 11.8. The van der Waals surface area contributed by atoms with Gasteiger partial charge in [-0.25, -0.2) is 4.68 Å². The lowest BCUT2D eigenvalue weighted by Gasteiger charge is -2.13. The van der Waals surface area contributed by atoms with Gasteiger partial charge in [0.25, 0.3) is 0 Å². The first kappa shape index (κ1) is 13.1. The van der Waals surface area contributed by atoms with Crippen LogP contribution < -0.4 is 5.32 Å². The van der Waals surface area contributed by atoms with Gasteiger partial charge in [0.05, 0.1) is 18.8 Å². The van der Waals surface area contributed by atoms with Gasteiger partial charge >= 0.3 is 0 Å². The average Bonchev–Trinajstić information content (AvgIpc) is 2.72. The minimum Gasteiger partial charge on any atom is -0.394 e. The van der Waals surface area contributed by atoms with Gasteiger partial charge in [-0.2, -0.15) is 0 Å². The number of rotatable bonds is 8. The topological polar surface area (TPSA) is 66.2 Å².